The van der Waals surface area contributed by atoms with Crippen molar-refractivity contribution in [3.05, 3.63) is 17.5 Å². The Balaban J connectivity index is 1.92. The number of Topliss-reactive ketones (excluding diaryl/α,β-unsaturated/α-hetero) is 1. The molecule has 0 atom stereocenters. The van der Waals surface area contributed by atoms with Gasteiger partial charge in [-0.25, -0.2) is 0 Å². The van der Waals surface area contributed by atoms with E-state index < -0.39 is 0 Å². The molecule has 0 aromatic carbocycles. The lowest BCUT2D eigenvalue weighted by Crippen LogP contribution is -2.25. The maximum absolute atomic E-state index is 12.5. The molecular weight excluding hydrogens is 248 g/mol. The fourth-order valence-corrected chi connectivity index (χ4v) is 3.45. The number of aryl methyl sites for hydroxylation is 2. The number of hydrogen-bond acceptors (Lipinski definition) is 2. The lowest BCUT2D eigenvalue weighted by atomic mass is 9.75. The van der Waals surface area contributed by atoms with Crippen molar-refractivity contribution in [1.29, 1.82) is 0 Å². The van der Waals surface area contributed by atoms with Crippen LogP contribution in [0.2, 0.25) is 0 Å². The Morgan fingerprint density at radius 1 is 1.35 bits per heavy atom. The molecule has 20 heavy (non-hydrogen) atoms. The van der Waals surface area contributed by atoms with E-state index in [2.05, 4.69) is 31.9 Å². The van der Waals surface area contributed by atoms with Gasteiger partial charge in [0.2, 0.25) is 0 Å². The zero-order chi connectivity index (χ0) is 14.7. The zero-order valence-electron chi connectivity index (χ0n) is 13.4. The number of aromatic nitrogens is 2. The summed E-state index contributed by atoms with van der Waals surface area (Å²) < 4.78 is 1.97. The number of rotatable bonds is 5. The second-order valence-electron chi connectivity index (χ2n) is 6.59. The summed E-state index contributed by atoms with van der Waals surface area (Å²) in [5.74, 6) is 2.28. The minimum atomic E-state index is 0.283. The average molecular weight is 276 g/mol. The molecule has 1 saturated carbocycles. The summed E-state index contributed by atoms with van der Waals surface area (Å²) in [6.45, 7) is 9.52. The van der Waals surface area contributed by atoms with Gasteiger partial charge in [0.05, 0.1) is 5.69 Å². The second-order valence-corrected chi connectivity index (χ2v) is 6.59. The lowest BCUT2D eigenvalue weighted by Gasteiger charge is -2.30. The maximum atomic E-state index is 12.5. The number of hydrogen-bond donors (Lipinski definition) is 0. The van der Waals surface area contributed by atoms with Crippen LogP contribution in [0.4, 0.5) is 0 Å². The van der Waals surface area contributed by atoms with Gasteiger partial charge in [-0.05, 0) is 57.4 Å². The van der Waals surface area contributed by atoms with Gasteiger partial charge in [-0.3, -0.25) is 9.48 Å². The molecule has 1 heterocycles. The van der Waals surface area contributed by atoms with Crippen LogP contribution in [-0.4, -0.2) is 15.6 Å². The van der Waals surface area contributed by atoms with E-state index in [9.17, 15) is 4.79 Å². The summed E-state index contributed by atoms with van der Waals surface area (Å²) in [5.41, 5.74) is 2.10. The van der Waals surface area contributed by atoms with E-state index >= 15 is 0 Å². The van der Waals surface area contributed by atoms with Crippen molar-refractivity contribution in [3.63, 3.8) is 0 Å². The molecule has 1 fully saturated rings. The Morgan fingerprint density at radius 3 is 2.55 bits per heavy atom. The molecule has 0 unspecified atom stereocenters. The Hall–Kier alpha value is -1.12. The van der Waals surface area contributed by atoms with Crippen molar-refractivity contribution in [2.75, 3.05) is 0 Å². The van der Waals surface area contributed by atoms with Crippen LogP contribution in [0.3, 0.4) is 0 Å². The van der Waals surface area contributed by atoms with E-state index in [1.807, 2.05) is 11.6 Å². The summed E-state index contributed by atoms with van der Waals surface area (Å²) in [6.07, 6.45) is 5.17. The van der Waals surface area contributed by atoms with Gasteiger partial charge in [0.15, 0.2) is 0 Å². The molecule has 0 N–H and O–H groups in total. The van der Waals surface area contributed by atoms with Crippen LogP contribution in [0.5, 0.6) is 0 Å². The first kappa shape index (κ1) is 15.3. The fraction of sp³-hybridized carbons (Fsp3) is 0.765. The molecule has 0 amide bonds. The van der Waals surface area contributed by atoms with Gasteiger partial charge in [0.25, 0.3) is 0 Å². The molecule has 0 aliphatic heterocycles. The highest BCUT2D eigenvalue weighted by atomic mass is 16.1. The fourth-order valence-electron chi connectivity index (χ4n) is 3.45. The minimum Gasteiger partial charge on any atom is -0.299 e. The summed E-state index contributed by atoms with van der Waals surface area (Å²) in [4.78, 5) is 12.5. The average Bonchev–Trinajstić information content (AvgIpc) is 2.78. The smallest absolute Gasteiger partial charge is 0.141 e. The van der Waals surface area contributed by atoms with Crippen molar-refractivity contribution >= 4 is 5.78 Å². The highest BCUT2D eigenvalue weighted by molar-refractivity contribution is 5.83. The van der Waals surface area contributed by atoms with Gasteiger partial charge in [0.1, 0.15) is 5.78 Å². The third kappa shape index (κ3) is 3.50. The topological polar surface area (TPSA) is 34.9 Å². The van der Waals surface area contributed by atoms with Gasteiger partial charge in [-0.2, -0.15) is 5.10 Å². The van der Waals surface area contributed by atoms with Crippen LogP contribution in [0.1, 0.15) is 57.8 Å². The molecule has 1 aliphatic rings. The molecule has 1 aliphatic carbocycles. The van der Waals surface area contributed by atoms with Gasteiger partial charge >= 0.3 is 0 Å². The SMILES string of the molecule is CCn1nc(C)cc1CC(=O)C1CCC(C(C)C)CC1. The predicted octanol–water partition coefficient (Wildman–Crippen LogP) is 3.79. The minimum absolute atomic E-state index is 0.283. The molecular formula is C17H28N2O. The highest BCUT2D eigenvalue weighted by Gasteiger charge is 2.28. The van der Waals surface area contributed by atoms with Crippen molar-refractivity contribution < 1.29 is 4.79 Å². The van der Waals surface area contributed by atoms with Gasteiger partial charge in [0, 0.05) is 24.6 Å². The van der Waals surface area contributed by atoms with E-state index in [0.717, 1.165) is 42.6 Å². The first-order valence-corrected chi connectivity index (χ1v) is 8.07. The number of ketones is 1. The molecule has 0 radical (unpaired) electrons. The van der Waals surface area contributed by atoms with Crippen LogP contribution < -0.4 is 0 Å². The molecule has 3 nitrogen and oxygen atoms in total. The number of carbonyl (C=O) groups excluding carboxylic acids is 1. The summed E-state index contributed by atoms with van der Waals surface area (Å²) in [6, 6.07) is 2.06. The monoisotopic (exact) mass is 276 g/mol. The van der Waals surface area contributed by atoms with Crippen molar-refractivity contribution in [2.45, 2.75) is 66.3 Å². The van der Waals surface area contributed by atoms with E-state index in [-0.39, 0.29) is 5.92 Å². The van der Waals surface area contributed by atoms with Crippen LogP contribution in [0.15, 0.2) is 6.07 Å². The lowest BCUT2D eigenvalue weighted by molar-refractivity contribution is -0.123. The Morgan fingerprint density at radius 2 is 2.00 bits per heavy atom. The molecule has 0 saturated heterocycles. The number of nitrogens with zero attached hydrogens (tertiary/aromatic N) is 2. The standard InChI is InChI=1S/C17H28N2O/c1-5-19-16(10-13(4)18-19)11-17(20)15-8-6-14(7-9-15)12(2)3/h10,12,14-15H,5-9,11H2,1-4H3. The molecule has 2 rings (SSSR count). The normalized spacial score (nSPS) is 23.2. The van der Waals surface area contributed by atoms with Crippen LogP contribution >= 0.6 is 0 Å². The van der Waals surface area contributed by atoms with Crippen LogP contribution in [0, 0.1) is 24.7 Å². The summed E-state index contributed by atoms with van der Waals surface area (Å²) in [5, 5.41) is 4.43. The third-order valence-electron chi connectivity index (χ3n) is 4.81. The second kappa shape index (κ2) is 6.55. The van der Waals surface area contributed by atoms with Gasteiger partial charge in [-0.15, -0.1) is 0 Å². The van der Waals surface area contributed by atoms with E-state index in [4.69, 9.17) is 0 Å². The zero-order valence-corrected chi connectivity index (χ0v) is 13.4. The summed E-state index contributed by atoms with van der Waals surface area (Å²) in [7, 11) is 0. The highest BCUT2D eigenvalue weighted by Crippen LogP contribution is 2.34. The third-order valence-corrected chi connectivity index (χ3v) is 4.81. The molecule has 112 valence electrons. The molecule has 1 aromatic heterocycles. The van der Waals surface area contributed by atoms with E-state index in [1.54, 1.807) is 0 Å². The molecule has 3 heteroatoms. The molecule has 0 bridgehead atoms. The largest absolute Gasteiger partial charge is 0.299 e. The van der Waals surface area contributed by atoms with Gasteiger partial charge < -0.3 is 0 Å². The van der Waals surface area contributed by atoms with E-state index in [1.165, 1.54) is 12.8 Å². The van der Waals surface area contributed by atoms with Crippen LogP contribution in [0.25, 0.3) is 0 Å². The quantitative estimate of drug-likeness (QED) is 0.820. The van der Waals surface area contributed by atoms with Crippen molar-refractivity contribution in [1.82, 2.24) is 9.78 Å². The maximum Gasteiger partial charge on any atom is 0.141 e. The first-order valence-electron chi connectivity index (χ1n) is 8.07. The van der Waals surface area contributed by atoms with Crippen molar-refractivity contribution in [2.24, 2.45) is 17.8 Å². The Bertz CT molecular complexity index is 454. The predicted molar refractivity (Wildman–Crippen MR) is 81.6 cm³/mol. The Kier molecular flexibility index (Phi) is 5.00. The number of carbonyl (C=O) groups is 1. The molecule has 0 spiro atoms. The van der Waals surface area contributed by atoms with Crippen LogP contribution in [-0.2, 0) is 17.8 Å². The first-order chi connectivity index (χ1) is 9.51. The van der Waals surface area contributed by atoms with Gasteiger partial charge in [-0.1, -0.05) is 13.8 Å². The van der Waals surface area contributed by atoms with E-state index in [0.29, 0.717) is 12.2 Å². The molecule has 1 aromatic rings. The summed E-state index contributed by atoms with van der Waals surface area (Å²) >= 11 is 0. The van der Waals surface area contributed by atoms with Crippen molar-refractivity contribution in [3.8, 4) is 0 Å². The Labute approximate surface area is 122 Å².